The summed E-state index contributed by atoms with van der Waals surface area (Å²) in [4.78, 5) is 11.1. The topological polar surface area (TPSA) is 102 Å². The third-order valence-electron chi connectivity index (χ3n) is 3.03. The van der Waals surface area contributed by atoms with Gasteiger partial charge in [-0.1, -0.05) is 0 Å². The summed E-state index contributed by atoms with van der Waals surface area (Å²) in [6, 6.07) is 3.04. The Labute approximate surface area is 133 Å². The van der Waals surface area contributed by atoms with Crippen LogP contribution in [0.1, 0.15) is 6.42 Å². The summed E-state index contributed by atoms with van der Waals surface area (Å²) < 4.78 is 37.5. The highest BCUT2D eigenvalue weighted by molar-refractivity contribution is 7.98. The Morgan fingerprint density at radius 3 is 2.68 bits per heavy atom. The number of hydrogen-bond donors (Lipinski definition) is 2. The second kappa shape index (κ2) is 7.21. The van der Waals surface area contributed by atoms with Gasteiger partial charge in [0.1, 0.15) is 19.3 Å². The maximum absolute atomic E-state index is 12.3. The molecule has 1 aliphatic rings. The zero-order valence-corrected chi connectivity index (χ0v) is 13.6. The molecule has 122 valence electrons. The van der Waals surface area contributed by atoms with Gasteiger partial charge in [0.2, 0.25) is 10.0 Å². The first-order valence-corrected chi connectivity index (χ1v) is 9.45. The molecule has 0 amide bonds. The van der Waals surface area contributed by atoms with Crippen LogP contribution in [0.25, 0.3) is 0 Å². The van der Waals surface area contributed by atoms with Gasteiger partial charge in [0.15, 0.2) is 11.5 Å². The lowest BCUT2D eigenvalue weighted by Gasteiger charge is -2.19. The van der Waals surface area contributed by atoms with E-state index in [0.29, 0.717) is 30.5 Å². The zero-order chi connectivity index (χ0) is 16.2. The summed E-state index contributed by atoms with van der Waals surface area (Å²) in [6.07, 6.45) is 2.04. The van der Waals surface area contributed by atoms with Crippen LogP contribution in [0.2, 0.25) is 0 Å². The molecular weight excluding hydrogens is 330 g/mol. The smallest absolute Gasteiger partial charge is 0.321 e. The molecular formula is C13H17NO6S2. The molecule has 0 bridgehead atoms. The lowest BCUT2D eigenvalue weighted by atomic mass is 10.2. The van der Waals surface area contributed by atoms with E-state index >= 15 is 0 Å². The van der Waals surface area contributed by atoms with Crippen molar-refractivity contribution in [3.8, 4) is 11.5 Å². The van der Waals surface area contributed by atoms with Crippen LogP contribution in [-0.2, 0) is 14.8 Å². The minimum Gasteiger partial charge on any atom is -0.486 e. The van der Waals surface area contributed by atoms with Gasteiger partial charge in [0, 0.05) is 6.07 Å². The predicted octanol–water partition coefficient (Wildman–Crippen LogP) is 0.942. The van der Waals surface area contributed by atoms with Crippen molar-refractivity contribution in [3.05, 3.63) is 18.2 Å². The molecule has 2 rings (SSSR count). The molecule has 1 aromatic carbocycles. The van der Waals surface area contributed by atoms with Gasteiger partial charge in [0.05, 0.1) is 4.90 Å². The van der Waals surface area contributed by atoms with E-state index in [9.17, 15) is 13.2 Å². The Bertz CT molecular complexity index is 646. The minimum absolute atomic E-state index is 0.0489. The Balaban J connectivity index is 2.20. The number of carbonyl (C=O) groups is 1. The molecule has 0 saturated carbocycles. The predicted molar refractivity (Wildman–Crippen MR) is 82.2 cm³/mol. The molecule has 1 atom stereocenters. The van der Waals surface area contributed by atoms with Gasteiger partial charge in [-0.2, -0.15) is 16.5 Å². The number of rotatable bonds is 7. The fraction of sp³-hybridized carbons (Fsp3) is 0.462. The van der Waals surface area contributed by atoms with Crippen LogP contribution in [0, 0.1) is 0 Å². The molecule has 7 nitrogen and oxygen atoms in total. The minimum atomic E-state index is -3.94. The lowest BCUT2D eigenvalue weighted by molar-refractivity contribution is -0.139. The van der Waals surface area contributed by atoms with E-state index in [1.807, 2.05) is 6.26 Å². The van der Waals surface area contributed by atoms with Crippen LogP contribution in [0.15, 0.2) is 23.1 Å². The first kappa shape index (κ1) is 16.9. The number of thioether (sulfide) groups is 1. The molecule has 22 heavy (non-hydrogen) atoms. The molecule has 1 aliphatic heterocycles. The first-order chi connectivity index (χ1) is 10.4. The Morgan fingerprint density at radius 1 is 1.36 bits per heavy atom. The van der Waals surface area contributed by atoms with Gasteiger partial charge in [-0.15, -0.1) is 0 Å². The van der Waals surface area contributed by atoms with Crippen LogP contribution < -0.4 is 14.2 Å². The fourth-order valence-corrected chi connectivity index (χ4v) is 3.62. The van der Waals surface area contributed by atoms with Gasteiger partial charge >= 0.3 is 5.97 Å². The number of fused-ring (bicyclic) bond motifs is 1. The van der Waals surface area contributed by atoms with Crippen molar-refractivity contribution < 1.29 is 27.8 Å². The molecule has 1 heterocycles. The van der Waals surface area contributed by atoms with Crippen molar-refractivity contribution in [2.24, 2.45) is 0 Å². The summed E-state index contributed by atoms with van der Waals surface area (Å²) in [6.45, 7) is 0.753. The van der Waals surface area contributed by atoms with Crippen LogP contribution in [0.5, 0.6) is 11.5 Å². The highest BCUT2D eigenvalue weighted by atomic mass is 32.2. The Hall–Kier alpha value is -1.45. The van der Waals surface area contributed by atoms with Crippen molar-refractivity contribution in [2.45, 2.75) is 17.4 Å². The van der Waals surface area contributed by atoms with Gasteiger partial charge in [-0.05, 0) is 30.6 Å². The highest BCUT2D eigenvalue weighted by Crippen LogP contribution is 2.32. The number of benzene rings is 1. The monoisotopic (exact) mass is 347 g/mol. The van der Waals surface area contributed by atoms with Crippen molar-refractivity contribution in [1.82, 2.24) is 4.72 Å². The highest BCUT2D eigenvalue weighted by Gasteiger charge is 2.26. The Morgan fingerprint density at radius 2 is 2.05 bits per heavy atom. The second-order valence-electron chi connectivity index (χ2n) is 4.60. The van der Waals surface area contributed by atoms with E-state index in [0.717, 1.165) is 0 Å². The number of carboxylic acid groups (broad SMARTS) is 1. The normalized spacial score (nSPS) is 15.3. The molecule has 2 N–H and O–H groups in total. The van der Waals surface area contributed by atoms with Gasteiger partial charge in [-0.25, -0.2) is 8.42 Å². The van der Waals surface area contributed by atoms with Crippen LogP contribution in [0.3, 0.4) is 0 Å². The first-order valence-electron chi connectivity index (χ1n) is 6.58. The molecule has 1 aromatic rings. The zero-order valence-electron chi connectivity index (χ0n) is 11.9. The SMILES string of the molecule is CSCC[C@@H](NS(=O)(=O)c1ccc2c(c1)OCCO2)C(=O)O. The summed E-state index contributed by atoms with van der Waals surface area (Å²) in [5.41, 5.74) is 0. The van der Waals surface area contributed by atoms with E-state index < -0.39 is 22.0 Å². The Kier molecular flexibility index (Phi) is 5.54. The van der Waals surface area contributed by atoms with Crippen molar-refractivity contribution in [2.75, 3.05) is 25.2 Å². The van der Waals surface area contributed by atoms with Gasteiger partial charge < -0.3 is 14.6 Å². The van der Waals surface area contributed by atoms with E-state index in [1.165, 1.54) is 30.0 Å². The number of carboxylic acids is 1. The van der Waals surface area contributed by atoms with Crippen LogP contribution in [0.4, 0.5) is 0 Å². The number of ether oxygens (including phenoxy) is 2. The maximum Gasteiger partial charge on any atom is 0.321 e. The number of sulfonamides is 1. The van der Waals surface area contributed by atoms with E-state index in [4.69, 9.17) is 14.6 Å². The largest absolute Gasteiger partial charge is 0.486 e. The van der Waals surface area contributed by atoms with E-state index in [1.54, 1.807) is 0 Å². The molecule has 0 radical (unpaired) electrons. The molecule has 0 aromatic heterocycles. The maximum atomic E-state index is 12.3. The van der Waals surface area contributed by atoms with Crippen molar-refractivity contribution in [1.29, 1.82) is 0 Å². The molecule has 0 spiro atoms. The fourth-order valence-electron chi connectivity index (χ4n) is 1.91. The van der Waals surface area contributed by atoms with Crippen LogP contribution >= 0.6 is 11.8 Å². The molecule has 0 saturated heterocycles. The number of aliphatic carboxylic acids is 1. The van der Waals surface area contributed by atoms with Crippen molar-refractivity contribution in [3.63, 3.8) is 0 Å². The van der Waals surface area contributed by atoms with E-state index in [2.05, 4.69) is 4.72 Å². The molecule has 0 unspecified atom stereocenters. The lowest BCUT2D eigenvalue weighted by Crippen LogP contribution is -2.41. The number of hydrogen-bond acceptors (Lipinski definition) is 6. The van der Waals surface area contributed by atoms with Crippen molar-refractivity contribution >= 4 is 27.8 Å². The third-order valence-corrected chi connectivity index (χ3v) is 5.14. The van der Waals surface area contributed by atoms with Gasteiger partial charge in [-0.3, -0.25) is 4.79 Å². The van der Waals surface area contributed by atoms with E-state index in [-0.39, 0.29) is 11.3 Å². The number of nitrogens with one attached hydrogen (secondary N) is 1. The summed E-state index contributed by atoms with van der Waals surface area (Å²) >= 11 is 1.45. The van der Waals surface area contributed by atoms with Gasteiger partial charge in [0.25, 0.3) is 0 Å². The third kappa shape index (κ3) is 4.05. The summed E-state index contributed by atoms with van der Waals surface area (Å²) in [5, 5.41) is 9.12. The summed E-state index contributed by atoms with van der Waals surface area (Å²) in [5.74, 6) is 0.156. The quantitative estimate of drug-likeness (QED) is 0.757. The second-order valence-corrected chi connectivity index (χ2v) is 7.30. The molecule has 0 aliphatic carbocycles. The van der Waals surface area contributed by atoms with Crippen LogP contribution in [-0.4, -0.2) is 50.8 Å². The molecule has 0 fully saturated rings. The standard InChI is InChI=1S/C13H17NO6S2/c1-21-7-4-10(13(15)16)14-22(17,18)9-2-3-11-12(8-9)20-6-5-19-11/h2-3,8,10,14H,4-7H2,1H3,(H,15,16)/t10-/m1/s1. The summed E-state index contributed by atoms with van der Waals surface area (Å²) in [7, 11) is -3.94. The molecule has 9 heteroatoms. The average Bonchev–Trinajstić information content (AvgIpc) is 2.50. The average molecular weight is 347 g/mol.